The number of benzene rings is 1. The molecule has 0 aliphatic heterocycles. The molecule has 28 heavy (non-hydrogen) atoms. The number of aliphatic imine (C=N–C) groups is 1. The molecule has 8 heteroatoms. The molecule has 0 radical (unpaired) electrons. The number of imidazole rings is 1. The number of nitrogens with zero attached hydrogens (tertiary/aromatic N) is 4. The lowest BCUT2D eigenvalue weighted by Gasteiger charge is -2.20. The zero-order chi connectivity index (χ0) is 19.1. The minimum atomic E-state index is 0. The van der Waals surface area contributed by atoms with E-state index in [0.717, 1.165) is 41.0 Å². The van der Waals surface area contributed by atoms with Gasteiger partial charge >= 0.3 is 0 Å². The van der Waals surface area contributed by atoms with Gasteiger partial charge in [0, 0.05) is 24.7 Å². The fourth-order valence-electron chi connectivity index (χ4n) is 2.70. The minimum absolute atomic E-state index is 0. The van der Waals surface area contributed by atoms with Gasteiger partial charge in [-0.1, -0.05) is 37.3 Å². The van der Waals surface area contributed by atoms with Gasteiger partial charge in [-0.15, -0.1) is 35.3 Å². The predicted octanol–water partition coefficient (Wildman–Crippen LogP) is 4.31. The van der Waals surface area contributed by atoms with Gasteiger partial charge in [0.2, 0.25) is 0 Å². The molecule has 0 aliphatic carbocycles. The van der Waals surface area contributed by atoms with Gasteiger partial charge in [0.25, 0.3) is 0 Å². The van der Waals surface area contributed by atoms with Crippen molar-refractivity contribution in [3.8, 4) is 11.3 Å². The molecule has 3 rings (SSSR count). The number of hydrogen-bond acceptors (Lipinski definition) is 4. The fraction of sp³-hybridized carbons (Fsp3) is 0.350. The average Bonchev–Trinajstić information content (AvgIpc) is 3.35. The van der Waals surface area contributed by atoms with E-state index in [2.05, 4.69) is 51.1 Å². The van der Waals surface area contributed by atoms with Crippen molar-refractivity contribution in [3.05, 3.63) is 58.4 Å². The zero-order valence-electron chi connectivity index (χ0n) is 16.5. The van der Waals surface area contributed by atoms with Crippen LogP contribution in [0.25, 0.3) is 11.3 Å². The van der Waals surface area contributed by atoms with Crippen molar-refractivity contribution < 1.29 is 0 Å². The van der Waals surface area contributed by atoms with E-state index in [9.17, 15) is 0 Å². The van der Waals surface area contributed by atoms with Crippen LogP contribution in [-0.2, 0) is 19.5 Å². The van der Waals surface area contributed by atoms with Crippen LogP contribution in [0.15, 0.2) is 47.7 Å². The van der Waals surface area contributed by atoms with Crippen molar-refractivity contribution in [2.45, 2.75) is 33.4 Å². The highest BCUT2D eigenvalue weighted by atomic mass is 127. The molecule has 2 heterocycles. The van der Waals surface area contributed by atoms with Crippen LogP contribution in [0.2, 0.25) is 0 Å². The lowest BCUT2D eigenvalue weighted by atomic mass is 10.2. The van der Waals surface area contributed by atoms with Crippen LogP contribution in [0.4, 0.5) is 0 Å². The van der Waals surface area contributed by atoms with Crippen molar-refractivity contribution in [3.63, 3.8) is 0 Å². The summed E-state index contributed by atoms with van der Waals surface area (Å²) in [5, 5.41) is 4.38. The molecule has 0 atom stereocenters. The van der Waals surface area contributed by atoms with Crippen molar-refractivity contribution in [1.82, 2.24) is 25.2 Å². The Morgan fingerprint density at radius 1 is 1.18 bits per heavy atom. The van der Waals surface area contributed by atoms with Crippen LogP contribution in [-0.4, -0.2) is 39.4 Å². The van der Waals surface area contributed by atoms with E-state index in [1.54, 1.807) is 11.3 Å². The maximum Gasteiger partial charge on any atom is 0.194 e. The van der Waals surface area contributed by atoms with E-state index in [1.165, 1.54) is 4.88 Å². The highest BCUT2D eigenvalue weighted by Gasteiger charge is 2.10. The number of hydrogen-bond donors (Lipinski definition) is 2. The SMILES string of the molecule is CCNC(=NCc1ncc(CC)s1)N(C)Cc1ncc(-c2ccccc2)[nH]1.I. The number of halogens is 1. The zero-order valence-corrected chi connectivity index (χ0v) is 19.6. The van der Waals surface area contributed by atoms with Gasteiger partial charge in [-0.3, -0.25) is 0 Å². The monoisotopic (exact) mass is 510 g/mol. The Kier molecular flexibility index (Phi) is 8.91. The third-order valence-electron chi connectivity index (χ3n) is 4.11. The van der Waals surface area contributed by atoms with Crippen LogP contribution in [0.1, 0.15) is 29.6 Å². The standard InChI is InChI=1S/C20H26N6S.HI/c1-4-16-11-23-19(27-16)13-24-20(21-5-2)26(3)14-18-22-12-17(25-18)15-9-7-6-8-10-15;/h6-12H,4-5,13-14H2,1-3H3,(H,21,24)(H,22,25);1H. The molecule has 0 unspecified atom stereocenters. The summed E-state index contributed by atoms with van der Waals surface area (Å²) < 4.78 is 0. The number of aromatic nitrogens is 3. The molecule has 2 aromatic heterocycles. The van der Waals surface area contributed by atoms with Gasteiger partial charge in [0.15, 0.2) is 5.96 Å². The Labute approximate surface area is 187 Å². The van der Waals surface area contributed by atoms with Crippen molar-refractivity contribution in [2.75, 3.05) is 13.6 Å². The average molecular weight is 510 g/mol. The maximum atomic E-state index is 4.73. The van der Waals surface area contributed by atoms with E-state index in [-0.39, 0.29) is 24.0 Å². The predicted molar refractivity (Wildman–Crippen MR) is 127 cm³/mol. The number of nitrogens with one attached hydrogen (secondary N) is 2. The second-order valence-corrected chi connectivity index (χ2v) is 7.41. The van der Waals surface area contributed by atoms with Crippen LogP contribution < -0.4 is 5.32 Å². The van der Waals surface area contributed by atoms with Gasteiger partial charge in [-0.05, 0) is 18.9 Å². The number of aryl methyl sites for hydroxylation is 1. The highest BCUT2D eigenvalue weighted by molar-refractivity contribution is 14.0. The Hall–Kier alpha value is -1.94. The van der Waals surface area contributed by atoms with Crippen LogP contribution in [0.5, 0.6) is 0 Å². The molecule has 2 N–H and O–H groups in total. The smallest absolute Gasteiger partial charge is 0.194 e. The number of rotatable bonds is 7. The molecule has 150 valence electrons. The first-order valence-electron chi connectivity index (χ1n) is 9.22. The molecule has 0 bridgehead atoms. The molecule has 0 saturated heterocycles. The third kappa shape index (κ3) is 6.03. The summed E-state index contributed by atoms with van der Waals surface area (Å²) in [6.07, 6.45) is 4.84. The summed E-state index contributed by atoms with van der Waals surface area (Å²) in [6.45, 7) is 6.27. The van der Waals surface area contributed by atoms with Gasteiger partial charge in [0.05, 0.1) is 25.0 Å². The maximum absolute atomic E-state index is 4.73. The highest BCUT2D eigenvalue weighted by Crippen LogP contribution is 2.17. The third-order valence-corrected chi connectivity index (χ3v) is 5.24. The quantitative estimate of drug-likeness (QED) is 0.283. The summed E-state index contributed by atoms with van der Waals surface area (Å²) in [5.41, 5.74) is 2.16. The van der Waals surface area contributed by atoms with Crippen LogP contribution >= 0.6 is 35.3 Å². The number of H-pyrrole nitrogens is 1. The lowest BCUT2D eigenvalue weighted by molar-refractivity contribution is 0.464. The molecule has 0 spiro atoms. The molecule has 6 nitrogen and oxygen atoms in total. The summed E-state index contributed by atoms with van der Waals surface area (Å²) in [6, 6.07) is 10.2. The first-order chi connectivity index (χ1) is 13.2. The lowest BCUT2D eigenvalue weighted by Crippen LogP contribution is -2.38. The van der Waals surface area contributed by atoms with E-state index in [1.807, 2.05) is 37.6 Å². The molecular weight excluding hydrogens is 483 g/mol. The van der Waals surface area contributed by atoms with E-state index >= 15 is 0 Å². The van der Waals surface area contributed by atoms with Crippen molar-refractivity contribution in [2.24, 2.45) is 4.99 Å². The van der Waals surface area contributed by atoms with E-state index in [4.69, 9.17) is 4.99 Å². The van der Waals surface area contributed by atoms with Crippen molar-refractivity contribution in [1.29, 1.82) is 0 Å². The van der Waals surface area contributed by atoms with Crippen molar-refractivity contribution >= 4 is 41.3 Å². The first kappa shape index (κ1) is 22.4. The second kappa shape index (κ2) is 11.2. The topological polar surface area (TPSA) is 69.2 Å². The Bertz CT molecular complexity index is 874. The Morgan fingerprint density at radius 2 is 1.96 bits per heavy atom. The second-order valence-electron chi connectivity index (χ2n) is 6.21. The molecule has 1 aromatic carbocycles. The minimum Gasteiger partial charge on any atom is -0.357 e. The number of guanidine groups is 1. The molecule has 3 aromatic rings. The molecular formula is C20H27IN6S. The summed E-state index contributed by atoms with van der Waals surface area (Å²) in [5.74, 6) is 1.76. The number of aromatic amines is 1. The summed E-state index contributed by atoms with van der Waals surface area (Å²) >= 11 is 1.73. The van der Waals surface area contributed by atoms with Gasteiger partial charge in [-0.25, -0.2) is 15.0 Å². The fourth-order valence-corrected chi connectivity index (χ4v) is 3.49. The first-order valence-corrected chi connectivity index (χ1v) is 10.0. The van der Waals surface area contributed by atoms with Gasteiger partial charge in [-0.2, -0.15) is 0 Å². The van der Waals surface area contributed by atoms with E-state index in [0.29, 0.717) is 13.1 Å². The number of thiazole rings is 1. The van der Waals surface area contributed by atoms with E-state index < -0.39 is 0 Å². The Balaban J connectivity index is 0.00000280. The molecule has 0 saturated carbocycles. The van der Waals surface area contributed by atoms with Crippen LogP contribution in [0, 0.1) is 0 Å². The normalized spacial score (nSPS) is 11.2. The summed E-state index contributed by atoms with van der Waals surface area (Å²) in [4.78, 5) is 20.5. The largest absolute Gasteiger partial charge is 0.357 e. The molecule has 0 fully saturated rings. The Morgan fingerprint density at radius 3 is 2.64 bits per heavy atom. The van der Waals surface area contributed by atoms with Gasteiger partial charge in [0.1, 0.15) is 10.8 Å². The van der Waals surface area contributed by atoms with Gasteiger partial charge < -0.3 is 15.2 Å². The molecule has 0 amide bonds. The van der Waals surface area contributed by atoms with Crippen LogP contribution in [0.3, 0.4) is 0 Å². The molecule has 0 aliphatic rings. The summed E-state index contributed by atoms with van der Waals surface area (Å²) in [7, 11) is 2.02.